The molecule has 3 heterocycles. The number of likely N-dealkylation sites (tertiary alicyclic amines) is 1. The quantitative estimate of drug-likeness (QED) is 0.676. The highest BCUT2D eigenvalue weighted by atomic mass is 35.5. The second-order valence-electron chi connectivity index (χ2n) is 7.14. The minimum atomic E-state index is -0.367. The van der Waals surface area contributed by atoms with Crippen LogP contribution in [0, 0.1) is 11.7 Å². The number of hydrogen-bond acceptors (Lipinski definition) is 5. The van der Waals surface area contributed by atoms with Gasteiger partial charge in [-0.15, -0.1) is 28.8 Å². The van der Waals surface area contributed by atoms with E-state index in [2.05, 4.69) is 10.1 Å². The molecule has 0 aliphatic carbocycles. The number of amides is 1. The van der Waals surface area contributed by atoms with Gasteiger partial charge in [-0.2, -0.15) is 0 Å². The summed E-state index contributed by atoms with van der Waals surface area (Å²) < 4.78 is 15.3. The summed E-state index contributed by atoms with van der Waals surface area (Å²) in [5.74, 6) is 0.356. The molecule has 1 amide bonds. The number of rotatable bonds is 4. The van der Waals surface area contributed by atoms with E-state index in [1.807, 2.05) is 24.4 Å². The molecule has 9 heteroatoms. The van der Waals surface area contributed by atoms with Crippen molar-refractivity contribution in [1.82, 2.24) is 19.7 Å². The summed E-state index contributed by atoms with van der Waals surface area (Å²) >= 11 is 1.50. The van der Waals surface area contributed by atoms with Crippen LogP contribution < -0.4 is 5.73 Å². The average molecular weight is 436 g/mol. The first-order valence-corrected chi connectivity index (χ1v) is 10.2. The highest BCUT2D eigenvalue weighted by Crippen LogP contribution is 2.27. The zero-order valence-corrected chi connectivity index (χ0v) is 17.6. The Labute approximate surface area is 179 Å². The number of halogens is 2. The van der Waals surface area contributed by atoms with Crippen molar-refractivity contribution < 1.29 is 9.18 Å². The highest BCUT2D eigenvalue weighted by Gasteiger charge is 2.29. The van der Waals surface area contributed by atoms with Crippen LogP contribution in [-0.4, -0.2) is 44.7 Å². The Bertz CT molecular complexity index is 975. The summed E-state index contributed by atoms with van der Waals surface area (Å²) in [6.45, 7) is 3.26. The summed E-state index contributed by atoms with van der Waals surface area (Å²) in [6.07, 6.45) is 1.94. The number of benzene rings is 1. The Balaban J connectivity index is 0.00000240. The number of nitrogens with zero attached hydrogens (tertiary/aromatic N) is 4. The number of aromatic nitrogens is 3. The van der Waals surface area contributed by atoms with Gasteiger partial charge in [0.2, 0.25) is 5.82 Å². The van der Waals surface area contributed by atoms with Crippen LogP contribution >= 0.6 is 23.7 Å². The van der Waals surface area contributed by atoms with E-state index in [0.29, 0.717) is 24.6 Å². The van der Waals surface area contributed by atoms with E-state index in [1.54, 1.807) is 17.0 Å². The van der Waals surface area contributed by atoms with Crippen LogP contribution in [0.2, 0.25) is 0 Å². The molecule has 1 aliphatic heterocycles. The molecule has 0 bridgehead atoms. The minimum absolute atomic E-state index is 0. The molecule has 2 atom stereocenters. The highest BCUT2D eigenvalue weighted by molar-refractivity contribution is 7.13. The molecule has 1 aromatic carbocycles. The molecule has 0 spiro atoms. The van der Waals surface area contributed by atoms with Crippen molar-refractivity contribution in [2.45, 2.75) is 25.8 Å². The van der Waals surface area contributed by atoms with Gasteiger partial charge in [-0.3, -0.25) is 4.79 Å². The Hall–Kier alpha value is -2.29. The SMILES string of the molecule is CC(N)C1CCCN(C(=O)c2nc(-c3cccs3)n(-c3cccc(F)c3)n2)C1.Cl. The van der Waals surface area contributed by atoms with E-state index in [0.717, 1.165) is 17.7 Å². The maximum Gasteiger partial charge on any atom is 0.293 e. The van der Waals surface area contributed by atoms with Gasteiger partial charge in [0.15, 0.2) is 5.82 Å². The lowest BCUT2D eigenvalue weighted by molar-refractivity contribution is 0.0648. The lowest BCUT2D eigenvalue weighted by atomic mass is 9.92. The number of carbonyl (C=O) groups excluding carboxylic acids is 1. The van der Waals surface area contributed by atoms with E-state index in [9.17, 15) is 9.18 Å². The van der Waals surface area contributed by atoms with Gasteiger partial charge in [0.1, 0.15) is 5.82 Å². The predicted molar refractivity (Wildman–Crippen MR) is 114 cm³/mol. The first-order chi connectivity index (χ1) is 13.5. The van der Waals surface area contributed by atoms with Gasteiger partial charge in [0.05, 0.1) is 10.6 Å². The van der Waals surface area contributed by atoms with Gasteiger partial charge in [0, 0.05) is 19.1 Å². The Morgan fingerprint density at radius 2 is 2.17 bits per heavy atom. The Morgan fingerprint density at radius 1 is 1.34 bits per heavy atom. The van der Waals surface area contributed by atoms with Crippen molar-refractivity contribution in [2.24, 2.45) is 11.7 Å². The third-order valence-corrected chi connectivity index (χ3v) is 5.95. The molecule has 1 saturated heterocycles. The molecule has 1 aliphatic rings. The van der Waals surface area contributed by atoms with E-state index in [4.69, 9.17) is 5.73 Å². The molecule has 0 radical (unpaired) electrons. The molecule has 3 aromatic rings. The second kappa shape index (κ2) is 9.02. The molecule has 1 fully saturated rings. The van der Waals surface area contributed by atoms with Crippen molar-refractivity contribution in [2.75, 3.05) is 13.1 Å². The first kappa shape index (κ1) is 21.4. The number of carbonyl (C=O) groups is 1. The summed E-state index contributed by atoms with van der Waals surface area (Å²) in [4.78, 5) is 20.2. The molecular weight excluding hydrogens is 413 g/mol. The predicted octanol–water partition coefficient (Wildman–Crippen LogP) is 3.76. The Kier molecular flexibility index (Phi) is 6.66. The topological polar surface area (TPSA) is 77.0 Å². The maximum atomic E-state index is 13.8. The van der Waals surface area contributed by atoms with Crippen LogP contribution in [0.4, 0.5) is 4.39 Å². The fraction of sp³-hybridized carbons (Fsp3) is 0.350. The van der Waals surface area contributed by atoms with Crippen LogP contribution in [-0.2, 0) is 0 Å². The largest absolute Gasteiger partial charge is 0.336 e. The normalized spacial score (nSPS) is 17.6. The van der Waals surface area contributed by atoms with Crippen LogP contribution in [0.1, 0.15) is 30.4 Å². The fourth-order valence-electron chi connectivity index (χ4n) is 3.52. The van der Waals surface area contributed by atoms with Crippen molar-refractivity contribution in [3.8, 4) is 16.4 Å². The van der Waals surface area contributed by atoms with Crippen molar-refractivity contribution in [1.29, 1.82) is 0 Å². The minimum Gasteiger partial charge on any atom is -0.336 e. The number of nitrogens with two attached hydrogens (primary N) is 1. The van der Waals surface area contributed by atoms with Gasteiger partial charge < -0.3 is 10.6 Å². The summed E-state index contributed by atoms with van der Waals surface area (Å²) in [7, 11) is 0. The van der Waals surface area contributed by atoms with Crippen molar-refractivity contribution in [3.05, 3.63) is 53.4 Å². The molecular formula is C20H23ClFN5OS. The number of hydrogen-bond donors (Lipinski definition) is 1. The van der Waals surface area contributed by atoms with Gasteiger partial charge in [-0.05, 0) is 55.3 Å². The van der Waals surface area contributed by atoms with Crippen LogP contribution in [0.5, 0.6) is 0 Å². The zero-order valence-electron chi connectivity index (χ0n) is 16.0. The molecule has 2 N–H and O–H groups in total. The lowest BCUT2D eigenvalue weighted by Gasteiger charge is -2.33. The number of piperidine rings is 1. The van der Waals surface area contributed by atoms with Crippen LogP contribution in [0.15, 0.2) is 41.8 Å². The maximum absolute atomic E-state index is 13.8. The van der Waals surface area contributed by atoms with Gasteiger partial charge in [-0.1, -0.05) is 12.1 Å². The Morgan fingerprint density at radius 3 is 2.86 bits per heavy atom. The summed E-state index contributed by atoms with van der Waals surface area (Å²) in [5.41, 5.74) is 6.57. The third-order valence-electron chi connectivity index (χ3n) is 5.08. The molecule has 4 rings (SSSR count). The van der Waals surface area contributed by atoms with Crippen molar-refractivity contribution in [3.63, 3.8) is 0 Å². The van der Waals surface area contributed by atoms with Crippen LogP contribution in [0.25, 0.3) is 16.4 Å². The summed E-state index contributed by atoms with van der Waals surface area (Å²) in [5, 5.41) is 6.38. The van der Waals surface area contributed by atoms with E-state index in [1.165, 1.54) is 28.2 Å². The molecule has 2 aromatic heterocycles. The third kappa shape index (κ3) is 4.49. The molecule has 0 saturated carbocycles. The molecule has 154 valence electrons. The van der Waals surface area contributed by atoms with E-state index in [-0.39, 0.29) is 41.9 Å². The van der Waals surface area contributed by atoms with E-state index >= 15 is 0 Å². The molecule has 2 unspecified atom stereocenters. The summed E-state index contributed by atoms with van der Waals surface area (Å²) in [6, 6.07) is 9.97. The van der Waals surface area contributed by atoms with Gasteiger partial charge in [0.25, 0.3) is 5.91 Å². The van der Waals surface area contributed by atoms with Crippen molar-refractivity contribution >= 4 is 29.7 Å². The fourth-order valence-corrected chi connectivity index (χ4v) is 4.22. The number of thiophene rings is 1. The molecule has 29 heavy (non-hydrogen) atoms. The smallest absolute Gasteiger partial charge is 0.293 e. The van der Waals surface area contributed by atoms with Gasteiger partial charge in [-0.25, -0.2) is 14.1 Å². The van der Waals surface area contributed by atoms with Gasteiger partial charge >= 0.3 is 0 Å². The van der Waals surface area contributed by atoms with Crippen LogP contribution in [0.3, 0.4) is 0 Å². The van der Waals surface area contributed by atoms with E-state index < -0.39 is 0 Å². The standard InChI is InChI=1S/C20H22FN5OS.ClH/c1-13(22)14-5-3-9-25(12-14)20(27)18-23-19(17-8-4-10-28-17)26(24-18)16-7-2-6-15(21)11-16;/h2,4,6-8,10-11,13-14H,3,5,9,12,22H2,1H3;1H. The lowest BCUT2D eigenvalue weighted by Crippen LogP contribution is -2.45. The monoisotopic (exact) mass is 435 g/mol. The first-order valence-electron chi connectivity index (χ1n) is 9.34. The molecule has 6 nitrogen and oxygen atoms in total. The second-order valence-corrected chi connectivity index (χ2v) is 8.09. The zero-order chi connectivity index (χ0) is 19.7. The average Bonchev–Trinajstić information content (AvgIpc) is 3.37.